The van der Waals surface area contributed by atoms with Crippen LogP contribution >= 0.6 is 11.6 Å². The number of carbonyl (C=O) groups excluding carboxylic acids is 1. The first kappa shape index (κ1) is 20.4. The molecule has 2 atom stereocenters. The summed E-state index contributed by atoms with van der Waals surface area (Å²) in [5.74, 6) is 0.814. The lowest BCUT2D eigenvalue weighted by atomic mass is 9.89. The molecule has 1 saturated carbocycles. The molecule has 4 rings (SSSR count). The van der Waals surface area contributed by atoms with Gasteiger partial charge >= 0.3 is 0 Å². The van der Waals surface area contributed by atoms with Gasteiger partial charge in [-0.15, -0.1) is 0 Å². The highest BCUT2D eigenvalue weighted by molar-refractivity contribution is 6.30. The van der Waals surface area contributed by atoms with Crippen molar-refractivity contribution in [3.05, 3.63) is 70.2 Å². The molecule has 1 aliphatic carbocycles. The third-order valence-electron chi connectivity index (χ3n) is 6.67. The van der Waals surface area contributed by atoms with Crippen LogP contribution in [-0.4, -0.2) is 36.0 Å². The van der Waals surface area contributed by atoms with Crippen molar-refractivity contribution in [2.75, 3.05) is 13.1 Å². The molecule has 2 fully saturated rings. The van der Waals surface area contributed by atoms with Gasteiger partial charge in [0, 0.05) is 22.7 Å². The van der Waals surface area contributed by atoms with Crippen LogP contribution in [0.25, 0.3) is 0 Å². The Morgan fingerprint density at radius 3 is 2.38 bits per heavy atom. The number of hydrogen-bond acceptors (Lipinski definition) is 2. The fourth-order valence-electron chi connectivity index (χ4n) is 4.95. The Kier molecular flexibility index (Phi) is 6.56. The molecule has 3 nitrogen and oxygen atoms in total. The van der Waals surface area contributed by atoms with Gasteiger partial charge in [0.25, 0.3) is 5.91 Å². The lowest BCUT2D eigenvalue weighted by Gasteiger charge is -2.38. The number of rotatable bonds is 5. The number of halogens is 1. The van der Waals surface area contributed by atoms with Crippen molar-refractivity contribution in [2.24, 2.45) is 5.92 Å². The molecular weight excluding hydrogens is 380 g/mol. The van der Waals surface area contributed by atoms with Crippen LogP contribution in [0.1, 0.15) is 53.6 Å². The van der Waals surface area contributed by atoms with E-state index in [0.29, 0.717) is 6.04 Å². The molecule has 2 aliphatic rings. The Balaban J connectivity index is 1.30. The van der Waals surface area contributed by atoms with Gasteiger partial charge < -0.3 is 5.32 Å². The molecule has 4 heteroatoms. The summed E-state index contributed by atoms with van der Waals surface area (Å²) in [7, 11) is 0. The second kappa shape index (κ2) is 9.32. The number of likely N-dealkylation sites (tertiary alicyclic amines) is 1. The van der Waals surface area contributed by atoms with Crippen LogP contribution in [0.4, 0.5) is 0 Å². The zero-order chi connectivity index (χ0) is 20.2. The molecule has 0 spiro atoms. The first-order valence-electron chi connectivity index (χ1n) is 10.9. The zero-order valence-electron chi connectivity index (χ0n) is 17.2. The summed E-state index contributed by atoms with van der Waals surface area (Å²) >= 11 is 6.01. The van der Waals surface area contributed by atoms with Crippen LogP contribution in [-0.2, 0) is 6.42 Å². The molecule has 2 unspecified atom stereocenters. The lowest BCUT2D eigenvalue weighted by molar-refractivity contribution is 0.0862. The van der Waals surface area contributed by atoms with E-state index < -0.39 is 0 Å². The fourth-order valence-corrected chi connectivity index (χ4v) is 5.07. The van der Waals surface area contributed by atoms with Gasteiger partial charge in [-0.1, -0.05) is 41.4 Å². The summed E-state index contributed by atoms with van der Waals surface area (Å²) in [6.07, 6.45) is 7.10. The van der Waals surface area contributed by atoms with Crippen LogP contribution < -0.4 is 5.32 Å². The van der Waals surface area contributed by atoms with Crippen molar-refractivity contribution >= 4 is 17.5 Å². The minimum atomic E-state index is 0.0690. The third-order valence-corrected chi connectivity index (χ3v) is 6.92. The molecule has 0 radical (unpaired) electrons. The number of amides is 1. The summed E-state index contributed by atoms with van der Waals surface area (Å²) in [6.45, 7) is 4.32. The highest BCUT2D eigenvalue weighted by atomic mass is 35.5. The number of piperidine rings is 1. The van der Waals surface area contributed by atoms with Crippen molar-refractivity contribution in [1.29, 1.82) is 0 Å². The van der Waals surface area contributed by atoms with Crippen LogP contribution in [0.2, 0.25) is 5.02 Å². The van der Waals surface area contributed by atoms with Crippen molar-refractivity contribution in [3.63, 3.8) is 0 Å². The predicted molar refractivity (Wildman–Crippen MR) is 120 cm³/mol. The van der Waals surface area contributed by atoms with E-state index in [4.69, 9.17) is 11.6 Å². The Hall–Kier alpha value is -1.84. The SMILES string of the molecule is Cc1ccc(C(=O)NC2CCCC2N2CCC(Cc3ccc(Cl)cc3)CC2)cc1. The zero-order valence-corrected chi connectivity index (χ0v) is 18.0. The van der Waals surface area contributed by atoms with Crippen molar-refractivity contribution in [1.82, 2.24) is 10.2 Å². The maximum absolute atomic E-state index is 12.7. The van der Waals surface area contributed by atoms with E-state index in [-0.39, 0.29) is 11.9 Å². The molecule has 0 aromatic heterocycles. The van der Waals surface area contributed by atoms with Crippen molar-refractivity contribution in [3.8, 4) is 0 Å². The third kappa shape index (κ3) is 5.21. The molecule has 1 saturated heterocycles. The summed E-state index contributed by atoms with van der Waals surface area (Å²) in [4.78, 5) is 15.3. The number of nitrogens with zero attached hydrogens (tertiary/aromatic N) is 1. The number of carbonyl (C=O) groups is 1. The van der Waals surface area contributed by atoms with Gasteiger partial charge in [0.2, 0.25) is 0 Å². The number of aryl methyl sites for hydroxylation is 1. The van der Waals surface area contributed by atoms with Crippen molar-refractivity contribution < 1.29 is 4.79 Å². The van der Waals surface area contributed by atoms with Gasteiger partial charge in [-0.05, 0) is 94.3 Å². The summed E-state index contributed by atoms with van der Waals surface area (Å²) < 4.78 is 0. The molecule has 0 bridgehead atoms. The molecule has 2 aromatic carbocycles. The Bertz CT molecular complexity index is 810. The van der Waals surface area contributed by atoms with Gasteiger partial charge in [-0.2, -0.15) is 0 Å². The molecule has 1 amide bonds. The first-order chi connectivity index (χ1) is 14.1. The number of hydrogen-bond donors (Lipinski definition) is 1. The monoisotopic (exact) mass is 410 g/mol. The van der Waals surface area contributed by atoms with E-state index in [0.717, 1.165) is 42.4 Å². The summed E-state index contributed by atoms with van der Waals surface area (Å²) in [5.41, 5.74) is 3.33. The van der Waals surface area contributed by atoms with E-state index in [1.165, 1.54) is 36.8 Å². The van der Waals surface area contributed by atoms with Gasteiger partial charge in [0.15, 0.2) is 0 Å². The molecule has 154 valence electrons. The van der Waals surface area contributed by atoms with E-state index >= 15 is 0 Å². The molecular formula is C25H31ClN2O. The van der Waals surface area contributed by atoms with Gasteiger partial charge in [0.05, 0.1) is 0 Å². The van der Waals surface area contributed by atoms with Crippen LogP contribution in [0.3, 0.4) is 0 Å². The van der Waals surface area contributed by atoms with Gasteiger partial charge in [0.1, 0.15) is 0 Å². The molecule has 1 N–H and O–H groups in total. The number of nitrogens with one attached hydrogen (secondary N) is 1. The average Bonchev–Trinajstić information content (AvgIpc) is 3.19. The second-order valence-electron chi connectivity index (χ2n) is 8.75. The highest BCUT2D eigenvalue weighted by Gasteiger charge is 2.35. The van der Waals surface area contributed by atoms with E-state index in [2.05, 4.69) is 22.3 Å². The largest absolute Gasteiger partial charge is 0.348 e. The van der Waals surface area contributed by atoms with E-state index in [1.807, 2.05) is 43.3 Å². The predicted octanol–water partition coefficient (Wildman–Crippen LogP) is 5.25. The standard InChI is InChI=1S/C25H31ClN2O/c1-18-5-9-21(10-6-18)25(29)27-23-3-2-4-24(23)28-15-13-20(14-16-28)17-19-7-11-22(26)12-8-19/h5-12,20,23-24H,2-4,13-17H2,1H3,(H,27,29). The Labute approximate surface area is 179 Å². The van der Waals surface area contributed by atoms with Crippen LogP contribution in [0, 0.1) is 12.8 Å². The minimum Gasteiger partial charge on any atom is -0.348 e. The van der Waals surface area contributed by atoms with E-state index in [9.17, 15) is 4.79 Å². The van der Waals surface area contributed by atoms with Crippen LogP contribution in [0.5, 0.6) is 0 Å². The minimum absolute atomic E-state index is 0.0690. The average molecular weight is 411 g/mol. The fraction of sp³-hybridized carbons (Fsp3) is 0.480. The first-order valence-corrected chi connectivity index (χ1v) is 11.3. The topological polar surface area (TPSA) is 32.3 Å². The highest BCUT2D eigenvalue weighted by Crippen LogP contribution is 2.30. The van der Waals surface area contributed by atoms with Gasteiger partial charge in [-0.3, -0.25) is 9.69 Å². The molecule has 1 aliphatic heterocycles. The van der Waals surface area contributed by atoms with Gasteiger partial charge in [-0.25, -0.2) is 0 Å². The second-order valence-corrected chi connectivity index (χ2v) is 9.19. The van der Waals surface area contributed by atoms with E-state index in [1.54, 1.807) is 0 Å². The Morgan fingerprint density at radius 2 is 1.69 bits per heavy atom. The quantitative estimate of drug-likeness (QED) is 0.729. The maximum atomic E-state index is 12.7. The summed E-state index contributed by atoms with van der Waals surface area (Å²) in [5, 5.41) is 4.13. The normalized spacial score (nSPS) is 23.2. The smallest absolute Gasteiger partial charge is 0.251 e. The lowest BCUT2D eigenvalue weighted by Crippen LogP contribution is -2.51. The van der Waals surface area contributed by atoms with Crippen LogP contribution in [0.15, 0.2) is 48.5 Å². The Morgan fingerprint density at radius 1 is 1.00 bits per heavy atom. The molecule has 29 heavy (non-hydrogen) atoms. The number of benzene rings is 2. The molecule has 2 aromatic rings. The summed E-state index contributed by atoms with van der Waals surface area (Å²) in [6, 6.07) is 16.9. The maximum Gasteiger partial charge on any atom is 0.251 e. The molecule has 1 heterocycles. The van der Waals surface area contributed by atoms with Crippen molar-refractivity contribution in [2.45, 2.75) is 57.5 Å².